The Labute approximate surface area is 127 Å². The highest BCUT2D eigenvalue weighted by molar-refractivity contribution is 8.00. The molecule has 108 valence electrons. The second kappa shape index (κ2) is 5.77. The van der Waals surface area contributed by atoms with Gasteiger partial charge in [0.2, 0.25) is 11.8 Å². The first-order valence-electron chi connectivity index (χ1n) is 6.89. The van der Waals surface area contributed by atoms with Gasteiger partial charge in [0.15, 0.2) is 0 Å². The number of thiophene rings is 1. The molecule has 0 bridgehead atoms. The number of nitrogens with zero attached hydrogens (tertiary/aromatic N) is 2. The molecule has 0 aromatic carbocycles. The molecule has 4 nitrogen and oxygen atoms in total. The molecule has 1 atom stereocenters. The highest BCUT2D eigenvalue weighted by Gasteiger charge is 2.33. The van der Waals surface area contributed by atoms with Gasteiger partial charge in [-0.2, -0.15) is 0 Å². The molecule has 2 amide bonds. The van der Waals surface area contributed by atoms with Crippen molar-refractivity contribution in [3.63, 3.8) is 0 Å². The Kier molecular flexibility index (Phi) is 4.03. The van der Waals surface area contributed by atoms with Crippen molar-refractivity contribution in [1.29, 1.82) is 0 Å². The molecule has 20 heavy (non-hydrogen) atoms. The lowest BCUT2D eigenvalue weighted by Crippen LogP contribution is -2.51. The summed E-state index contributed by atoms with van der Waals surface area (Å²) in [6.45, 7) is 4.24. The van der Waals surface area contributed by atoms with Crippen LogP contribution in [0.2, 0.25) is 0 Å². The molecular weight excluding hydrogens is 292 g/mol. The Morgan fingerprint density at radius 2 is 1.90 bits per heavy atom. The first-order valence-corrected chi connectivity index (χ1v) is 8.82. The van der Waals surface area contributed by atoms with Crippen molar-refractivity contribution in [2.75, 3.05) is 31.9 Å². The molecule has 3 heterocycles. The molecule has 6 heteroatoms. The van der Waals surface area contributed by atoms with Gasteiger partial charge in [-0.3, -0.25) is 9.59 Å². The van der Waals surface area contributed by atoms with E-state index in [1.54, 1.807) is 30.0 Å². The Balaban J connectivity index is 1.68. The predicted molar refractivity (Wildman–Crippen MR) is 82.1 cm³/mol. The maximum absolute atomic E-state index is 12.7. The van der Waals surface area contributed by atoms with E-state index < -0.39 is 0 Å². The summed E-state index contributed by atoms with van der Waals surface area (Å²) in [6, 6.07) is 2.10. The van der Waals surface area contributed by atoms with E-state index in [1.807, 2.05) is 9.80 Å². The molecule has 1 fully saturated rings. The number of carbonyl (C=O) groups is 2. The second-order valence-electron chi connectivity index (χ2n) is 5.13. The minimum Gasteiger partial charge on any atom is -0.339 e. The van der Waals surface area contributed by atoms with Gasteiger partial charge < -0.3 is 9.80 Å². The van der Waals surface area contributed by atoms with E-state index in [9.17, 15) is 9.59 Å². The zero-order valence-corrected chi connectivity index (χ0v) is 13.1. The quantitative estimate of drug-likeness (QED) is 0.794. The van der Waals surface area contributed by atoms with E-state index in [-0.39, 0.29) is 17.1 Å². The fourth-order valence-electron chi connectivity index (χ4n) is 2.76. The molecule has 1 aromatic heterocycles. The smallest absolute Gasteiger partial charge is 0.240 e. The van der Waals surface area contributed by atoms with Crippen molar-refractivity contribution in [3.8, 4) is 0 Å². The predicted octanol–water partition coefficient (Wildman–Crippen LogP) is 1.77. The fraction of sp³-hybridized carbons (Fsp3) is 0.571. The Bertz CT molecular complexity index is 521. The highest BCUT2D eigenvalue weighted by Crippen LogP contribution is 2.40. The van der Waals surface area contributed by atoms with Gasteiger partial charge in [0.25, 0.3) is 0 Å². The van der Waals surface area contributed by atoms with Gasteiger partial charge in [0.1, 0.15) is 5.25 Å². The molecule has 2 aliphatic rings. The average molecular weight is 310 g/mol. The van der Waals surface area contributed by atoms with Gasteiger partial charge in [-0.05, 0) is 29.2 Å². The summed E-state index contributed by atoms with van der Waals surface area (Å²) in [6.07, 6.45) is 1.08. The summed E-state index contributed by atoms with van der Waals surface area (Å²) in [5, 5.41) is 2.05. The van der Waals surface area contributed by atoms with Crippen LogP contribution >= 0.6 is 23.1 Å². The maximum atomic E-state index is 12.7. The van der Waals surface area contributed by atoms with E-state index >= 15 is 0 Å². The molecule has 1 saturated heterocycles. The third-order valence-corrected chi connectivity index (χ3v) is 6.16. The molecule has 0 radical (unpaired) electrons. The number of thioether (sulfide) groups is 1. The van der Waals surface area contributed by atoms with Crippen molar-refractivity contribution < 1.29 is 9.59 Å². The third kappa shape index (κ3) is 2.59. The van der Waals surface area contributed by atoms with Crippen LogP contribution in [0.25, 0.3) is 0 Å². The van der Waals surface area contributed by atoms with E-state index in [0.29, 0.717) is 26.2 Å². The molecule has 0 N–H and O–H groups in total. The lowest BCUT2D eigenvalue weighted by Gasteiger charge is -2.36. The highest BCUT2D eigenvalue weighted by atomic mass is 32.2. The van der Waals surface area contributed by atoms with E-state index in [1.165, 1.54) is 10.4 Å². The zero-order valence-electron chi connectivity index (χ0n) is 11.5. The molecule has 0 aliphatic carbocycles. The monoisotopic (exact) mass is 310 g/mol. The summed E-state index contributed by atoms with van der Waals surface area (Å²) in [5.41, 5.74) is 1.21. The molecule has 1 unspecified atom stereocenters. The minimum absolute atomic E-state index is 0.0334. The number of hydrogen-bond acceptors (Lipinski definition) is 4. The average Bonchev–Trinajstić information content (AvgIpc) is 2.95. The molecule has 0 spiro atoms. The minimum atomic E-state index is -0.0334. The maximum Gasteiger partial charge on any atom is 0.240 e. The van der Waals surface area contributed by atoms with Crippen LogP contribution in [0.5, 0.6) is 0 Å². The van der Waals surface area contributed by atoms with Crippen LogP contribution in [0, 0.1) is 0 Å². The SMILES string of the molecule is CC(=O)N1CCN(C(=O)C2SCCc3sccc32)CC1. The fourth-order valence-corrected chi connectivity index (χ4v) is 5.13. The lowest BCUT2D eigenvalue weighted by molar-refractivity contribution is -0.138. The number of hydrogen-bond donors (Lipinski definition) is 0. The third-order valence-electron chi connectivity index (χ3n) is 3.94. The first kappa shape index (κ1) is 13.9. The van der Waals surface area contributed by atoms with Crippen LogP contribution in [-0.2, 0) is 16.0 Å². The van der Waals surface area contributed by atoms with Crippen molar-refractivity contribution in [2.45, 2.75) is 18.6 Å². The number of piperazine rings is 1. The Morgan fingerprint density at radius 3 is 2.60 bits per heavy atom. The number of aryl methyl sites for hydroxylation is 1. The van der Waals surface area contributed by atoms with E-state index in [0.717, 1.165) is 12.2 Å². The van der Waals surface area contributed by atoms with Gasteiger partial charge in [-0.15, -0.1) is 23.1 Å². The topological polar surface area (TPSA) is 40.6 Å². The largest absolute Gasteiger partial charge is 0.339 e. The standard InChI is InChI=1S/C14H18N2O2S2/c1-10(17)15-4-6-16(7-5-15)14(18)13-11-2-8-19-12(11)3-9-20-13/h2,8,13H,3-7,9H2,1H3. The molecule has 2 aliphatic heterocycles. The zero-order chi connectivity index (χ0) is 14.1. The van der Waals surface area contributed by atoms with Crippen molar-refractivity contribution in [3.05, 3.63) is 21.9 Å². The van der Waals surface area contributed by atoms with Crippen molar-refractivity contribution >= 4 is 34.9 Å². The normalized spacial score (nSPS) is 22.6. The van der Waals surface area contributed by atoms with Crippen molar-refractivity contribution in [2.24, 2.45) is 0 Å². The van der Waals surface area contributed by atoms with Crippen molar-refractivity contribution in [1.82, 2.24) is 9.80 Å². The van der Waals surface area contributed by atoms with Gasteiger partial charge in [0.05, 0.1) is 0 Å². The second-order valence-corrected chi connectivity index (χ2v) is 7.34. The van der Waals surface area contributed by atoms with Gasteiger partial charge in [-0.1, -0.05) is 0 Å². The summed E-state index contributed by atoms with van der Waals surface area (Å²) in [7, 11) is 0. The van der Waals surface area contributed by atoms with E-state index in [4.69, 9.17) is 0 Å². The Hall–Kier alpha value is -1.01. The van der Waals surface area contributed by atoms with Crippen LogP contribution < -0.4 is 0 Å². The van der Waals surface area contributed by atoms with Crippen LogP contribution in [0.1, 0.15) is 22.6 Å². The number of fused-ring (bicyclic) bond motifs is 1. The van der Waals surface area contributed by atoms with Crippen LogP contribution in [0.3, 0.4) is 0 Å². The molecular formula is C14H18N2O2S2. The number of rotatable bonds is 1. The van der Waals surface area contributed by atoms with Gasteiger partial charge in [0, 0.05) is 38.0 Å². The summed E-state index contributed by atoms with van der Waals surface area (Å²) in [5.74, 6) is 1.35. The van der Waals surface area contributed by atoms with Crippen LogP contribution in [-0.4, -0.2) is 53.5 Å². The van der Waals surface area contributed by atoms with Gasteiger partial charge in [-0.25, -0.2) is 0 Å². The Morgan fingerprint density at radius 1 is 1.20 bits per heavy atom. The molecule has 3 rings (SSSR count). The van der Waals surface area contributed by atoms with Crippen LogP contribution in [0.4, 0.5) is 0 Å². The number of carbonyl (C=O) groups excluding carboxylic acids is 2. The lowest BCUT2D eigenvalue weighted by atomic mass is 10.1. The first-order chi connectivity index (χ1) is 9.66. The molecule has 0 saturated carbocycles. The molecule has 1 aromatic rings. The summed E-state index contributed by atoms with van der Waals surface area (Å²) < 4.78 is 0. The summed E-state index contributed by atoms with van der Waals surface area (Å²) >= 11 is 3.51. The number of amides is 2. The van der Waals surface area contributed by atoms with E-state index in [2.05, 4.69) is 11.4 Å². The van der Waals surface area contributed by atoms with Gasteiger partial charge >= 0.3 is 0 Å². The van der Waals surface area contributed by atoms with Crippen LogP contribution in [0.15, 0.2) is 11.4 Å². The summed E-state index contributed by atoms with van der Waals surface area (Å²) in [4.78, 5) is 29.1.